The number of benzene rings is 3. The van der Waals surface area contributed by atoms with Gasteiger partial charge in [0.2, 0.25) is 0 Å². The summed E-state index contributed by atoms with van der Waals surface area (Å²) in [5, 5.41) is 15.0. The normalized spacial score (nSPS) is 11.5. The van der Waals surface area contributed by atoms with Crippen molar-refractivity contribution in [2.45, 2.75) is 13.0 Å². The van der Waals surface area contributed by atoms with Gasteiger partial charge in [-0.1, -0.05) is 34.1 Å². The maximum atomic E-state index is 12.4. The van der Waals surface area contributed by atoms with E-state index in [1.54, 1.807) is 42.5 Å². The second kappa shape index (κ2) is 11.7. The molecule has 10 nitrogen and oxygen atoms in total. The highest BCUT2D eigenvalue weighted by Crippen LogP contribution is 2.29. The molecule has 0 saturated carbocycles. The number of hydrogen-bond acceptors (Lipinski definition) is 8. The summed E-state index contributed by atoms with van der Waals surface area (Å²) >= 11 is 3.31. The van der Waals surface area contributed by atoms with Crippen LogP contribution in [0.1, 0.15) is 22.8 Å². The van der Waals surface area contributed by atoms with Crippen molar-refractivity contribution in [2.24, 2.45) is 5.10 Å². The number of nitrogens with zero attached hydrogens (tertiary/aromatic N) is 2. The molecular weight excluding hydrogens is 522 g/mol. The van der Waals surface area contributed by atoms with Crippen molar-refractivity contribution in [3.63, 3.8) is 0 Å². The number of esters is 1. The van der Waals surface area contributed by atoms with E-state index < -0.39 is 22.9 Å². The van der Waals surface area contributed by atoms with Gasteiger partial charge in [0.05, 0.1) is 23.8 Å². The maximum Gasteiger partial charge on any atom is 0.343 e. The largest absolute Gasteiger partial charge is 0.493 e. The number of nitro benzene ring substituents is 1. The van der Waals surface area contributed by atoms with Gasteiger partial charge < -0.3 is 14.2 Å². The minimum absolute atomic E-state index is 0.0261. The van der Waals surface area contributed by atoms with Crippen molar-refractivity contribution in [1.29, 1.82) is 0 Å². The Labute approximate surface area is 208 Å². The van der Waals surface area contributed by atoms with Gasteiger partial charge in [0, 0.05) is 10.5 Å². The van der Waals surface area contributed by atoms with Crippen molar-refractivity contribution in [3.05, 3.63) is 92.4 Å². The van der Waals surface area contributed by atoms with Crippen molar-refractivity contribution in [2.75, 3.05) is 7.11 Å². The van der Waals surface area contributed by atoms with Gasteiger partial charge in [-0.3, -0.25) is 14.9 Å². The summed E-state index contributed by atoms with van der Waals surface area (Å²) in [6.45, 7) is 1.44. The van der Waals surface area contributed by atoms with E-state index in [2.05, 4.69) is 26.5 Å². The Bertz CT molecular complexity index is 1280. The van der Waals surface area contributed by atoms with E-state index >= 15 is 0 Å². The Hall–Kier alpha value is -4.25. The lowest BCUT2D eigenvalue weighted by molar-refractivity contribution is -0.386. The van der Waals surface area contributed by atoms with Crippen LogP contribution in [0.4, 0.5) is 5.69 Å². The lowest BCUT2D eigenvalue weighted by atomic mass is 10.2. The van der Waals surface area contributed by atoms with Crippen LogP contribution in [0.15, 0.2) is 76.3 Å². The summed E-state index contributed by atoms with van der Waals surface area (Å²) in [5.74, 6) is -0.680. The highest BCUT2D eigenvalue weighted by atomic mass is 79.9. The number of para-hydroxylation sites is 2. The second-order valence-corrected chi connectivity index (χ2v) is 7.95. The zero-order valence-electron chi connectivity index (χ0n) is 18.6. The first-order valence-corrected chi connectivity index (χ1v) is 11.0. The molecular formula is C24H20BrN3O7. The number of carbonyl (C=O) groups excluding carboxylic acids is 2. The van der Waals surface area contributed by atoms with Crippen LogP contribution in [-0.4, -0.2) is 36.2 Å². The molecule has 0 aromatic heterocycles. The third-order valence-corrected chi connectivity index (χ3v) is 5.07. The van der Waals surface area contributed by atoms with Gasteiger partial charge in [0.25, 0.3) is 5.91 Å². The van der Waals surface area contributed by atoms with Gasteiger partial charge in [-0.2, -0.15) is 5.10 Å². The van der Waals surface area contributed by atoms with Crippen LogP contribution >= 0.6 is 15.9 Å². The number of hydrogen-bond donors (Lipinski definition) is 1. The first-order chi connectivity index (χ1) is 16.8. The quantitative estimate of drug-likeness (QED) is 0.139. The van der Waals surface area contributed by atoms with Crippen molar-refractivity contribution >= 4 is 39.7 Å². The van der Waals surface area contributed by atoms with E-state index in [1.807, 2.05) is 0 Å². The van der Waals surface area contributed by atoms with Gasteiger partial charge >= 0.3 is 11.7 Å². The Morgan fingerprint density at radius 1 is 1.06 bits per heavy atom. The summed E-state index contributed by atoms with van der Waals surface area (Å²) < 4.78 is 16.9. The topological polar surface area (TPSA) is 129 Å². The summed E-state index contributed by atoms with van der Waals surface area (Å²) in [6, 6.07) is 17.3. The van der Waals surface area contributed by atoms with Crippen LogP contribution in [-0.2, 0) is 4.79 Å². The van der Waals surface area contributed by atoms with Gasteiger partial charge in [-0.15, -0.1) is 0 Å². The molecule has 3 rings (SSSR count). The molecule has 11 heteroatoms. The number of ether oxygens (including phenoxy) is 3. The van der Waals surface area contributed by atoms with Crippen molar-refractivity contribution in [3.8, 4) is 17.2 Å². The molecule has 0 aliphatic heterocycles. The van der Waals surface area contributed by atoms with Gasteiger partial charge in [-0.25, -0.2) is 10.2 Å². The molecule has 0 spiro atoms. The number of hydrazone groups is 1. The SMILES string of the molecule is COc1cc(/C=N\NC(=O)[C@@H](C)Oc2ccccc2[N+](=O)[O-])ccc1OC(=O)c1cccc(Br)c1. The van der Waals surface area contributed by atoms with E-state index in [9.17, 15) is 19.7 Å². The summed E-state index contributed by atoms with van der Waals surface area (Å²) in [6.07, 6.45) is 0.320. The third-order valence-electron chi connectivity index (χ3n) is 4.57. The average molecular weight is 542 g/mol. The standard InChI is InChI=1S/C24H20BrN3O7/c1-15(34-20-9-4-3-8-19(20)28(31)32)23(29)27-26-14-16-10-11-21(22(12-16)33-2)35-24(30)17-6-5-7-18(25)13-17/h3-15H,1-2H3,(H,27,29)/b26-14-/t15-/m1/s1. The van der Waals surface area contributed by atoms with Gasteiger partial charge in [0.15, 0.2) is 23.4 Å². The molecule has 0 heterocycles. The molecule has 0 radical (unpaired) electrons. The first kappa shape index (κ1) is 25.4. The van der Waals surface area contributed by atoms with Crippen LogP contribution in [0.25, 0.3) is 0 Å². The van der Waals surface area contributed by atoms with Crippen LogP contribution in [0, 0.1) is 10.1 Å². The van der Waals surface area contributed by atoms with Crippen LogP contribution < -0.4 is 19.6 Å². The maximum absolute atomic E-state index is 12.4. The molecule has 180 valence electrons. The Morgan fingerprint density at radius 2 is 1.83 bits per heavy atom. The van der Waals surface area contributed by atoms with Crippen LogP contribution in [0.5, 0.6) is 17.2 Å². The van der Waals surface area contributed by atoms with E-state index in [-0.39, 0.29) is 22.9 Å². The predicted octanol–water partition coefficient (Wildman–Crippen LogP) is 4.50. The molecule has 1 amide bonds. The summed E-state index contributed by atoms with van der Waals surface area (Å²) in [7, 11) is 1.43. The van der Waals surface area contributed by atoms with Crippen LogP contribution in [0.3, 0.4) is 0 Å². The fourth-order valence-corrected chi connectivity index (χ4v) is 3.24. The van der Waals surface area contributed by atoms with Crippen molar-refractivity contribution in [1.82, 2.24) is 5.43 Å². The number of rotatable bonds is 9. The molecule has 0 bridgehead atoms. The molecule has 0 fully saturated rings. The molecule has 0 unspecified atom stereocenters. The monoisotopic (exact) mass is 541 g/mol. The van der Waals surface area contributed by atoms with Crippen molar-refractivity contribution < 1.29 is 28.7 Å². The number of nitrogens with one attached hydrogen (secondary N) is 1. The average Bonchev–Trinajstić information content (AvgIpc) is 2.84. The predicted molar refractivity (Wildman–Crippen MR) is 131 cm³/mol. The molecule has 3 aromatic rings. The molecule has 0 aliphatic rings. The number of amides is 1. The minimum atomic E-state index is -1.04. The third kappa shape index (κ3) is 6.87. The number of methoxy groups -OCH3 is 1. The van der Waals surface area contributed by atoms with E-state index in [0.29, 0.717) is 11.1 Å². The number of nitro groups is 1. The molecule has 3 aromatic carbocycles. The smallest absolute Gasteiger partial charge is 0.343 e. The highest BCUT2D eigenvalue weighted by molar-refractivity contribution is 9.10. The Kier molecular flexibility index (Phi) is 8.52. The zero-order valence-corrected chi connectivity index (χ0v) is 20.2. The first-order valence-electron chi connectivity index (χ1n) is 10.2. The lowest BCUT2D eigenvalue weighted by Gasteiger charge is -2.13. The second-order valence-electron chi connectivity index (χ2n) is 7.03. The minimum Gasteiger partial charge on any atom is -0.493 e. The van der Waals surface area contributed by atoms with Gasteiger partial charge in [0.1, 0.15) is 0 Å². The Balaban J connectivity index is 1.62. The molecule has 1 atom stereocenters. The van der Waals surface area contributed by atoms with E-state index in [4.69, 9.17) is 14.2 Å². The fourth-order valence-electron chi connectivity index (χ4n) is 2.84. The lowest BCUT2D eigenvalue weighted by Crippen LogP contribution is -2.33. The van der Waals surface area contributed by atoms with E-state index in [1.165, 1.54) is 44.5 Å². The van der Waals surface area contributed by atoms with E-state index in [0.717, 1.165) is 4.47 Å². The zero-order chi connectivity index (χ0) is 25.4. The molecule has 0 saturated heterocycles. The summed E-state index contributed by atoms with van der Waals surface area (Å²) in [4.78, 5) is 35.2. The number of halogens is 1. The van der Waals surface area contributed by atoms with Crippen LogP contribution in [0.2, 0.25) is 0 Å². The highest BCUT2D eigenvalue weighted by Gasteiger charge is 2.20. The Morgan fingerprint density at radius 3 is 2.54 bits per heavy atom. The molecule has 35 heavy (non-hydrogen) atoms. The van der Waals surface area contributed by atoms with Gasteiger partial charge in [-0.05, 0) is 55.0 Å². The molecule has 1 N–H and O–H groups in total. The fraction of sp³-hybridized carbons (Fsp3) is 0.125. The summed E-state index contributed by atoms with van der Waals surface area (Å²) in [5.41, 5.74) is 2.99. The molecule has 0 aliphatic carbocycles. The number of carbonyl (C=O) groups is 2.